The highest BCUT2D eigenvalue weighted by molar-refractivity contribution is 5.85. The Morgan fingerprint density at radius 2 is 1.88 bits per heavy atom. The van der Waals surface area contributed by atoms with Crippen molar-refractivity contribution in [1.29, 1.82) is 0 Å². The summed E-state index contributed by atoms with van der Waals surface area (Å²) in [6.07, 6.45) is 4.64. The van der Waals surface area contributed by atoms with E-state index < -0.39 is 11.6 Å². The maximum Gasteiger partial charge on any atom is 0.260 e. The highest BCUT2D eigenvalue weighted by Crippen LogP contribution is 2.34. The molecule has 2 N–H and O–H groups in total. The molecule has 4 rings (SSSR count). The molecule has 2 saturated heterocycles. The maximum absolute atomic E-state index is 15.6. The Bertz CT molecular complexity index is 965. The summed E-state index contributed by atoms with van der Waals surface area (Å²) in [5, 5.41) is 0. The van der Waals surface area contributed by atoms with Gasteiger partial charge in [0.2, 0.25) is 0 Å². The highest BCUT2D eigenvalue weighted by Gasteiger charge is 2.44. The third-order valence-electron chi connectivity index (χ3n) is 6.61. The van der Waals surface area contributed by atoms with Crippen LogP contribution in [-0.2, 0) is 11.3 Å². The molecule has 0 unspecified atom stereocenters. The summed E-state index contributed by atoms with van der Waals surface area (Å²) in [5.74, 6) is -0.154. The molecular weight excluding hydrogens is 412 g/mol. The Morgan fingerprint density at radius 3 is 2.50 bits per heavy atom. The molecule has 2 aromatic heterocycles. The molecule has 32 heavy (non-hydrogen) atoms. The Morgan fingerprint density at radius 1 is 1.16 bits per heavy atom. The van der Waals surface area contributed by atoms with Crippen molar-refractivity contribution in [3.63, 3.8) is 0 Å². The van der Waals surface area contributed by atoms with Gasteiger partial charge in [0.1, 0.15) is 11.6 Å². The minimum atomic E-state index is -1.81. The zero-order valence-electron chi connectivity index (χ0n) is 18.1. The van der Waals surface area contributed by atoms with E-state index in [2.05, 4.69) is 21.4 Å². The summed E-state index contributed by atoms with van der Waals surface area (Å²) in [4.78, 5) is 24.9. The van der Waals surface area contributed by atoms with Crippen molar-refractivity contribution in [2.24, 2.45) is 5.92 Å². The van der Waals surface area contributed by atoms with E-state index in [4.69, 9.17) is 5.73 Å². The van der Waals surface area contributed by atoms with Crippen molar-refractivity contribution in [3.05, 3.63) is 60.3 Å². The van der Waals surface area contributed by atoms with Crippen LogP contribution in [0.25, 0.3) is 5.57 Å². The number of anilines is 1. The molecule has 0 radical (unpaired) electrons. The van der Waals surface area contributed by atoms with E-state index in [0.717, 1.165) is 11.1 Å². The van der Waals surface area contributed by atoms with Gasteiger partial charge in [-0.3, -0.25) is 14.7 Å². The van der Waals surface area contributed by atoms with Gasteiger partial charge >= 0.3 is 0 Å². The van der Waals surface area contributed by atoms with Crippen molar-refractivity contribution >= 4 is 17.3 Å². The number of halogens is 2. The zero-order valence-corrected chi connectivity index (χ0v) is 18.1. The summed E-state index contributed by atoms with van der Waals surface area (Å²) in [5.41, 5.74) is 6.47. The average molecular weight is 442 g/mol. The van der Waals surface area contributed by atoms with E-state index in [1.807, 2.05) is 12.1 Å². The second-order valence-electron chi connectivity index (χ2n) is 8.78. The van der Waals surface area contributed by atoms with Crippen molar-refractivity contribution in [2.45, 2.75) is 37.9 Å². The molecule has 0 spiro atoms. The summed E-state index contributed by atoms with van der Waals surface area (Å²) in [7, 11) is 0. The highest BCUT2D eigenvalue weighted by atomic mass is 19.1. The molecule has 4 heterocycles. The molecule has 2 aromatic rings. The first kappa shape index (κ1) is 22.3. The molecule has 0 aliphatic carbocycles. The van der Waals surface area contributed by atoms with E-state index in [0.29, 0.717) is 57.1 Å². The molecule has 8 heteroatoms. The predicted octanol–water partition coefficient (Wildman–Crippen LogP) is 3.45. The van der Waals surface area contributed by atoms with Gasteiger partial charge in [0.05, 0.1) is 11.9 Å². The lowest BCUT2D eigenvalue weighted by atomic mass is 9.86. The fourth-order valence-corrected chi connectivity index (χ4v) is 4.62. The number of hydrogen-bond donors (Lipinski definition) is 1. The third kappa shape index (κ3) is 4.96. The fraction of sp³-hybridized carbons (Fsp3) is 0.458. The third-order valence-corrected chi connectivity index (χ3v) is 6.61. The lowest BCUT2D eigenvalue weighted by Crippen LogP contribution is -2.53. The van der Waals surface area contributed by atoms with Crippen LogP contribution < -0.4 is 5.73 Å². The lowest BCUT2D eigenvalue weighted by Gasteiger charge is -2.40. The van der Waals surface area contributed by atoms with Gasteiger partial charge in [0, 0.05) is 51.8 Å². The predicted molar refractivity (Wildman–Crippen MR) is 120 cm³/mol. The van der Waals surface area contributed by atoms with Crippen LogP contribution >= 0.6 is 0 Å². The monoisotopic (exact) mass is 441 g/mol. The number of allylic oxidation sites excluding steroid dienone is 1. The number of carbonyl (C=O) groups excluding carboxylic acids is 1. The van der Waals surface area contributed by atoms with Crippen LogP contribution in [0.15, 0.2) is 43.2 Å². The van der Waals surface area contributed by atoms with Crippen molar-refractivity contribution < 1.29 is 13.6 Å². The molecule has 0 aromatic carbocycles. The van der Waals surface area contributed by atoms with Crippen LogP contribution in [0.5, 0.6) is 0 Å². The number of likely N-dealkylation sites (tertiary alicyclic amines) is 2. The molecule has 2 aliphatic rings. The Hall–Kier alpha value is -2.87. The number of alkyl halides is 1. The molecule has 1 amide bonds. The second-order valence-corrected chi connectivity index (χ2v) is 8.78. The van der Waals surface area contributed by atoms with Gasteiger partial charge < -0.3 is 10.6 Å². The summed E-state index contributed by atoms with van der Waals surface area (Å²) in [6, 6.07) is 6.72. The lowest BCUT2D eigenvalue weighted by molar-refractivity contribution is -0.148. The zero-order chi connectivity index (χ0) is 22.7. The number of aromatic nitrogens is 2. The number of nitrogens with zero attached hydrogens (tertiary/aromatic N) is 4. The number of pyridine rings is 2. The minimum absolute atomic E-state index is 0.155. The standard InChI is InChI=1S/C24H29F2N5O/c1-17(21-3-2-20(25)15-29-21)19-5-10-31(11-6-19)23(32)24(26)7-12-30(13-8-24)16-18-4-9-28-22(27)14-18/h2-4,9,14-15,19H,1,5-8,10-13,16H2,(H2,27,28). The second kappa shape index (κ2) is 9.32. The van der Waals surface area contributed by atoms with Crippen molar-refractivity contribution in [3.8, 4) is 0 Å². The molecule has 0 bridgehead atoms. The van der Waals surface area contributed by atoms with E-state index in [1.165, 1.54) is 12.3 Å². The number of nitrogens with two attached hydrogens (primary N) is 1. The first-order chi connectivity index (χ1) is 15.3. The Balaban J connectivity index is 1.28. The van der Waals surface area contributed by atoms with Gasteiger partial charge in [-0.15, -0.1) is 0 Å². The summed E-state index contributed by atoms with van der Waals surface area (Å²) < 4.78 is 28.7. The fourth-order valence-electron chi connectivity index (χ4n) is 4.62. The number of amides is 1. The van der Waals surface area contributed by atoms with Gasteiger partial charge in [-0.2, -0.15) is 0 Å². The van der Waals surface area contributed by atoms with Gasteiger partial charge in [-0.05, 0) is 54.2 Å². The molecule has 2 fully saturated rings. The molecule has 0 saturated carbocycles. The first-order valence-corrected chi connectivity index (χ1v) is 11.1. The van der Waals surface area contributed by atoms with E-state index in [9.17, 15) is 9.18 Å². The van der Waals surface area contributed by atoms with Crippen LogP contribution in [0, 0.1) is 11.7 Å². The van der Waals surface area contributed by atoms with Gasteiger partial charge in [-0.25, -0.2) is 13.8 Å². The molecule has 6 nitrogen and oxygen atoms in total. The normalized spacial score (nSPS) is 19.6. The van der Waals surface area contributed by atoms with E-state index >= 15 is 4.39 Å². The Kier molecular flexibility index (Phi) is 6.50. The van der Waals surface area contributed by atoms with Crippen LogP contribution in [0.2, 0.25) is 0 Å². The SMILES string of the molecule is C=C(c1ccc(F)cn1)C1CCN(C(=O)C2(F)CCN(Cc3ccnc(N)c3)CC2)CC1. The number of piperidine rings is 2. The summed E-state index contributed by atoms with van der Waals surface area (Å²) >= 11 is 0. The van der Waals surface area contributed by atoms with Gasteiger partial charge in [-0.1, -0.05) is 6.58 Å². The van der Waals surface area contributed by atoms with Crippen LogP contribution in [0.4, 0.5) is 14.6 Å². The number of carbonyl (C=O) groups is 1. The molecule has 0 atom stereocenters. The quantitative estimate of drug-likeness (QED) is 0.769. The smallest absolute Gasteiger partial charge is 0.260 e. The van der Waals surface area contributed by atoms with Crippen LogP contribution in [0.1, 0.15) is 36.9 Å². The minimum Gasteiger partial charge on any atom is -0.384 e. The van der Waals surface area contributed by atoms with E-state index in [1.54, 1.807) is 17.2 Å². The molecule has 170 valence electrons. The number of hydrogen-bond acceptors (Lipinski definition) is 5. The van der Waals surface area contributed by atoms with Crippen molar-refractivity contribution in [1.82, 2.24) is 19.8 Å². The summed E-state index contributed by atoms with van der Waals surface area (Å²) in [6.45, 7) is 6.82. The molecular formula is C24H29F2N5O. The van der Waals surface area contributed by atoms with Gasteiger partial charge in [0.25, 0.3) is 5.91 Å². The first-order valence-electron chi connectivity index (χ1n) is 11.1. The number of nitrogen functional groups attached to an aromatic ring is 1. The van der Waals surface area contributed by atoms with Gasteiger partial charge in [0.15, 0.2) is 5.67 Å². The maximum atomic E-state index is 15.6. The van der Waals surface area contributed by atoms with Crippen LogP contribution in [-0.4, -0.2) is 57.5 Å². The number of rotatable bonds is 5. The largest absolute Gasteiger partial charge is 0.384 e. The Labute approximate surface area is 187 Å². The molecule has 2 aliphatic heterocycles. The topological polar surface area (TPSA) is 75.4 Å². The average Bonchev–Trinajstić information content (AvgIpc) is 2.80. The van der Waals surface area contributed by atoms with Crippen molar-refractivity contribution in [2.75, 3.05) is 31.9 Å². The van der Waals surface area contributed by atoms with E-state index in [-0.39, 0.29) is 24.6 Å². The van der Waals surface area contributed by atoms with Crippen LogP contribution in [0.3, 0.4) is 0 Å².